The number of anilines is 2. The molecule has 0 aromatic heterocycles. The summed E-state index contributed by atoms with van der Waals surface area (Å²) in [6.07, 6.45) is 0. The van der Waals surface area contributed by atoms with Crippen LogP contribution in [0.5, 0.6) is 5.75 Å². The van der Waals surface area contributed by atoms with Crippen LogP contribution in [0.4, 0.5) is 11.4 Å². The van der Waals surface area contributed by atoms with E-state index in [1.807, 2.05) is 68.4 Å². The zero-order valence-corrected chi connectivity index (χ0v) is 17.1. The average Bonchev–Trinajstić information content (AvgIpc) is 3.01. The van der Waals surface area contributed by atoms with E-state index in [2.05, 4.69) is 5.32 Å². The molecule has 0 saturated carbocycles. The molecule has 0 aliphatic carbocycles. The van der Waals surface area contributed by atoms with E-state index in [9.17, 15) is 9.59 Å². The first-order valence-corrected chi connectivity index (χ1v) is 9.66. The highest BCUT2D eigenvalue weighted by molar-refractivity contribution is 6.46. The van der Waals surface area contributed by atoms with Crippen molar-refractivity contribution in [3.8, 4) is 5.75 Å². The molecule has 1 aliphatic heterocycles. The Balaban J connectivity index is 1.79. The van der Waals surface area contributed by atoms with E-state index in [0.29, 0.717) is 28.3 Å². The van der Waals surface area contributed by atoms with Gasteiger partial charge in [0, 0.05) is 5.69 Å². The molecule has 150 valence electrons. The van der Waals surface area contributed by atoms with Crippen molar-refractivity contribution >= 4 is 28.8 Å². The molecule has 30 heavy (non-hydrogen) atoms. The van der Waals surface area contributed by atoms with Gasteiger partial charge in [-0.3, -0.25) is 9.59 Å². The van der Waals surface area contributed by atoms with Crippen molar-refractivity contribution in [2.75, 3.05) is 17.3 Å². The SMILES string of the molecule is COc1ccc(NC2=C(c3ccccc3)C(=O)N(c3ccc(C)c(C)c3)C2=O)cc1. The number of methoxy groups -OCH3 is 1. The van der Waals surface area contributed by atoms with Gasteiger partial charge in [-0.1, -0.05) is 36.4 Å². The van der Waals surface area contributed by atoms with E-state index in [-0.39, 0.29) is 17.5 Å². The number of hydrogen-bond acceptors (Lipinski definition) is 4. The third-order valence-corrected chi connectivity index (χ3v) is 5.25. The second kappa shape index (κ2) is 7.87. The van der Waals surface area contributed by atoms with Gasteiger partial charge in [0.05, 0.1) is 18.4 Å². The van der Waals surface area contributed by atoms with Gasteiger partial charge in [-0.2, -0.15) is 0 Å². The molecule has 1 heterocycles. The molecule has 0 fully saturated rings. The van der Waals surface area contributed by atoms with Gasteiger partial charge in [0.25, 0.3) is 11.8 Å². The first kappa shape index (κ1) is 19.5. The number of amides is 2. The van der Waals surface area contributed by atoms with E-state index in [1.165, 1.54) is 4.90 Å². The maximum absolute atomic E-state index is 13.4. The molecule has 5 nitrogen and oxygen atoms in total. The lowest BCUT2D eigenvalue weighted by Crippen LogP contribution is -2.32. The van der Waals surface area contributed by atoms with E-state index >= 15 is 0 Å². The van der Waals surface area contributed by atoms with Gasteiger partial charge in [0.15, 0.2) is 0 Å². The number of nitrogens with zero attached hydrogens (tertiary/aromatic N) is 1. The quantitative estimate of drug-likeness (QED) is 0.633. The fourth-order valence-corrected chi connectivity index (χ4v) is 3.44. The van der Waals surface area contributed by atoms with Gasteiger partial charge in [-0.05, 0) is 66.9 Å². The first-order valence-electron chi connectivity index (χ1n) is 9.66. The Kier molecular flexibility index (Phi) is 5.11. The van der Waals surface area contributed by atoms with Crippen molar-refractivity contribution in [3.05, 3.63) is 95.2 Å². The minimum atomic E-state index is -0.377. The zero-order chi connectivity index (χ0) is 21.3. The van der Waals surface area contributed by atoms with Crippen molar-refractivity contribution in [3.63, 3.8) is 0 Å². The van der Waals surface area contributed by atoms with Gasteiger partial charge in [0.1, 0.15) is 11.4 Å². The van der Waals surface area contributed by atoms with Crippen LogP contribution in [0.25, 0.3) is 5.57 Å². The van der Waals surface area contributed by atoms with Crippen LogP contribution in [0, 0.1) is 13.8 Å². The van der Waals surface area contributed by atoms with Gasteiger partial charge in [-0.15, -0.1) is 0 Å². The number of ether oxygens (including phenoxy) is 1. The molecule has 0 spiro atoms. The second-order valence-corrected chi connectivity index (χ2v) is 7.18. The lowest BCUT2D eigenvalue weighted by atomic mass is 10.0. The Bertz CT molecular complexity index is 1150. The van der Waals surface area contributed by atoms with E-state index < -0.39 is 0 Å². The van der Waals surface area contributed by atoms with Crippen molar-refractivity contribution in [2.45, 2.75) is 13.8 Å². The summed E-state index contributed by atoms with van der Waals surface area (Å²) < 4.78 is 5.19. The van der Waals surface area contributed by atoms with Crippen molar-refractivity contribution < 1.29 is 14.3 Å². The van der Waals surface area contributed by atoms with Crippen molar-refractivity contribution in [2.24, 2.45) is 0 Å². The Labute approximate surface area is 175 Å². The molecule has 1 N–H and O–H groups in total. The molecule has 2 amide bonds. The molecule has 3 aromatic carbocycles. The molecule has 3 aromatic rings. The largest absolute Gasteiger partial charge is 0.497 e. The van der Waals surface area contributed by atoms with E-state index in [4.69, 9.17) is 4.74 Å². The molecule has 0 atom stereocenters. The highest BCUT2D eigenvalue weighted by Gasteiger charge is 2.40. The average molecular weight is 398 g/mol. The van der Waals surface area contributed by atoms with Crippen molar-refractivity contribution in [1.29, 1.82) is 0 Å². The van der Waals surface area contributed by atoms with Crippen LogP contribution in [0.1, 0.15) is 16.7 Å². The van der Waals surface area contributed by atoms with E-state index in [1.54, 1.807) is 25.3 Å². The minimum absolute atomic E-state index is 0.259. The smallest absolute Gasteiger partial charge is 0.282 e. The predicted octanol–water partition coefficient (Wildman–Crippen LogP) is 4.71. The number of benzene rings is 3. The normalized spacial score (nSPS) is 13.8. The maximum atomic E-state index is 13.4. The highest BCUT2D eigenvalue weighted by Crippen LogP contribution is 2.34. The third-order valence-electron chi connectivity index (χ3n) is 5.25. The molecule has 0 radical (unpaired) electrons. The Morgan fingerprint density at radius 3 is 2.13 bits per heavy atom. The summed E-state index contributed by atoms with van der Waals surface area (Å²) in [5, 5.41) is 3.16. The Morgan fingerprint density at radius 2 is 1.50 bits per heavy atom. The lowest BCUT2D eigenvalue weighted by molar-refractivity contribution is -0.120. The molecule has 0 bridgehead atoms. The van der Waals surface area contributed by atoms with Crippen LogP contribution in [0.2, 0.25) is 0 Å². The number of rotatable bonds is 5. The molecule has 4 rings (SSSR count). The Hall–Kier alpha value is -3.86. The fourth-order valence-electron chi connectivity index (χ4n) is 3.44. The van der Waals surface area contributed by atoms with Crippen LogP contribution in [-0.2, 0) is 9.59 Å². The Morgan fingerprint density at radius 1 is 0.800 bits per heavy atom. The number of carbonyl (C=O) groups is 2. The molecular formula is C25H22N2O3. The van der Waals surface area contributed by atoms with Gasteiger partial charge >= 0.3 is 0 Å². The monoisotopic (exact) mass is 398 g/mol. The predicted molar refractivity (Wildman–Crippen MR) is 118 cm³/mol. The van der Waals surface area contributed by atoms with Crippen LogP contribution in [-0.4, -0.2) is 18.9 Å². The van der Waals surface area contributed by atoms with E-state index in [0.717, 1.165) is 11.1 Å². The lowest BCUT2D eigenvalue weighted by Gasteiger charge is -2.17. The molecule has 1 aliphatic rings. The van der Waals surface area contributed by atoms with Gasteiger partial charge < -0.3 is 10.1 Å². The maximum Gasteiger partial charge on any atom is 0.282 e. The summed E-state index contributed by atoms with van der Waals surface area (Å²) in [5.41, 5.74) is 4.69. The molecule has 0 unspecified atom stereocenters. The van der Waals surface area contributed by atoms with Crippen LogP contribution < -0.4 is 15.0 Å². The molecule has 5 heteroatoms. The summed E-state index contributed by atoms with van der Waals surface area (Å²) in [4.78, 5) is 28.0. The second-order valence-electron chi connectivity index (χ2n) is 7.18. The fraction of sp³-hybridized carbons (Fsp3) is 0.120. The summed E-state index contributed by atoms with van der Waals surface area (Å²) in [6, 6.07) is 22.1. The number of carbonyl (C=O) groups excluding carboxylic acids is 2. The number of hydrogen-bond donors (Lipinski definition) is 1. The number of nitrogens with one attached hydrogen (secondary N) is 1. The molecular weight excluding hydrogens is 376 g/mol. The summed E-state index contributed by atoms with van der Waals surface area (Å²) in [5.74, 6) is -0.00761. The van der Waals surface area contributed by atoms with Crippen LogP contribution in [0.15, 0.2) is 78.5 Å². The van der Waals surface area contributed by atoms with Crippen LogP contribution >= 0.6 is 0 Å². The highest BCUT2D eigenvalue weighted by atomic mass is 16.5. The topological polar surface area (TPSA) is 58.6 Å². The van der Waals surface area contributed by atoms with Gasteiger partial charge in [-0.25, -0.2) is 4.90 Å². The first-order chi connectivity index (χ1) is 14.5. The molecule has 0 saturated heterocycles. The summed E-state index contributed by atoms with van der Waals surface area (Å²) in [7, 11) is 1.60. The number of aryl methyl sites for hydroxylation is 2. The van der Waals surface area contributed by atoms with Gasteiger partial charge in [0.2, 0.25) is 0 Å². The summed E-state index contributed by atoms with van der Waals surface area (Å²) >= 11 is 0. The summed E-state index contributed by atoms with van der Waals surface area (Å²) in [6.45, 7) is 3.96. The number of imide groups is 1. The standard InChI is InChI=1S/C25H22N2O3/c1-16-9-12-20(15-17(16)2)27-24(28)22(18-7-5-4-6-8-18)23(25(27)29)26-19-10-13-21(30-3)14-11-19/h4-15,26H,1-3H3. The zero-order valence-electron chi connectivity index (χ0n) is 17.1. The third kappa shape index (κ3) is 3.46. The van der Waals surface area contributed by atoms with Crippen LogP contribution in [0.3, 0.4) is 0 Å². The minimum Gasteiger partial charge on any atom is -0.497 e. The van der Waals surface area contributed by atoms with Crippen molar-refractivity contribution in [1.82, 2.24) is 0 Å².